The van der Waals surface area contributed by atoms with Crippen molar-refractivity contribution in [3.05, 3.63) is 0 Å². The molecule has 0 radical (unpaired) electrons. The van der Waals surface area contributed by atoms with Crippen LogP contribution in [0.1, 0.15) is 19.8 Å². The van der Waals surface area contributed by atoms with Crippen LogP contribution in [0, 0.1) is 0 Å². The quantitative estimate of drug-likeness (QED) is 0.357. The molecule has 1 aliphatic rings. The van der Waals surface area contributed by atoms with Crippen molar-refractivity contribution in [2.24, 2.45) is 0 Å². The maximum atomic E-state index is 11.3. The smallest absolute Gasteiger partial charge is 0.330 e. The Kier molecular flexibility index (Phi) is 3.89. The molecular weight excluding hydrogens is 170 g/mol. The molecule has 0 amide bonds. The van der Waals surface area contributed by atoms with Crippen LogP contribution in [0.5, 0.6) is 0 Å². The average molecular weight is 185 g/mol. The second-order valence-corrected chi connectivity index (χ2v) is 3.08. The number of esters is 1. The first-order valence-corrected chi connectivity index (χ1v) is 4.65. The Morgan fingerprint density at radius 3 is 2.62 bits per heavy atom. The molecule has 0 spiro atoms. The van der Waals surface area contributed by atoms with Gasteiger partial charge >= 0.3 is 5.97 Å². The minimum atomic E-state index is -0.678. The zero-order valence-corrected chi connectivity index (χ0v) is 7.86. The fraction of sp³-hybridized carbons (Fsp3) is 0.778. The summed E-state index contributed by atoms with van der Waals surface area (Å²) in [5.74, 6) is -0.417. The van der Waals surface area contributed by atoms with Gasteiger partial charge in [0.25, 0.3) is 0 Å². The summed E-state index contributed by atoms with van der Waals surface area (Å²) in [6.45, 7) is 3.71. The third-order valence-corrected chi connectivity index (χ3v) is 2.19. The van der Waals surface area contributed by atoms with Gasteiger partial charge in [-0.25, -0.2) is 4.79 Å². The third-order valence-electron chi connectivity index (χ3n) is 2.19. The largest absolute Gasteiger partial charge is 0.464 e. The molecule has 1 aliphatic heterocycles. The number of rotatable bonds is 4. The monoisotopic (exact) mass is 185 g/mol. The van der Waals surface area contributed by atoms with Crippen LogP contribution < -0.4 is 0 Å². The topological polar surface area (TPSA) is 46.6 Å². The van der Waals surface area contributed by atoms with Crippen LogP contribution in [-0.4, -0.2) is 42.9 Å². The summed E-state index contributed by atoms with van der Waals surface area (Å²) in [6, 6.07) is -0.678. The van der Waals surface area contributed by atoms with Gasteiger partial charge in [-0.2, -0.15) is 0 Å². The average Bonchev–Trinajstić information content (AvgIpc) is 2.59. The summed E-state index contributed by atoms with van der Waals surface area (Å²) in [7, 11) is 0. The lowest BCUT2D eigenvalue weighted by Crippen LogP contribution is -2.41. The lowest BCUT2D eigenvalue weighted by molar-refractivity contribution is -0.150. The predicted octanol–water partition coefficient (Wildman–Crippen LogP) is 0.213. The molecule has 4 heteroatoms. The van der Waals surface area contributed by atoms with Crippen molar-refractivity contribution in [1.82, 2.24) is 4.90 Å². The normalized spacial score (nSPS) is 19.8. The molecule has 1 unspecified atom stereocenters. The number of ether oxygens (including phenoxy) is 1. The highest BCUT2D eigenvalue weighted by Gasteiger charge is 2.28. The predicted molar refractivity (Wildman–Crippen MR) is 47.3 cm³/mol. The molecule has 1 atom stereocenters. The van der Waals surface area contributed by atoms with Crippen LogP contribution in [0.15, 0.2) is 0 Å². The number of carbonyl (C=O) groups is 2. The van der Waals surface area contributed by atoms with E-state index in [0.717, 1.165) is 25.9 Å². The Balaban J connectivity index is 2.49. The molecule has 0 saturated carbocycles. The molecule has 13 heavy (non-hydrogen) atoms. The summed E-state index contributed by atoms with van der Waals surface area (Å²) in [4.78, 5) is 23.8. The van der Waals surface area contributed by atoms with Gasteiger partial charge in [0.2, 0.25) is 0 Å². The number of likely N-dealkylation sites (tertiary alicyclic amines) is 1. The third kappa shape index (κ3) is 2.52. The Bertz CT molecular complexity index is 187. The first kappa shape index (κ1) is 10.2. The highest BCUT2D eigenvalue weighted by molar-refractivity contribution is 5.92. The van der Waals surface area contributed by atoms with Crippen LogP contribution in [0.25, 0.3) is 0 Å². The van der Waals surface area contributed by atoms with Crippen LogP contribution in [0.2, 0.25) is 0 Å². The summed E-state index contributed by atoms with van der Waals surface area (Å²) >= 11 is 0. The van der Waals surface area contributed by atoms with E-state index < -0.39 is 12.0 Å². The Morgan fingerprint density at radius 2 is 2.15 bits per heavy atom. The summed E-state index contributed by atoms with van der Waals surface area (Å²) in [5.41, 5.74) is 0. The molecule has 0 aromatic heterocycles. The summed E-state index contributed by atoms with van der Waals surface area (Å²) in [5, 5.41) is 0. The summed E-state index contributed by atoms with van der Waals surface area (Å²) in [6.07, 6.45) is 2.79. The zero-order valence-electron chi connectivity index (χ0n) is 7.86. The van der Waals surface area contributed by atoms with Gasteiger partial charge in [0.05, 0.1) is 6.61 Å². The van der Waals surface area contributed by atoms with Gasteiger partial charge in [-0.1, -0.05) is 0 Å². The van der Waals surface area contributed by atoms with E-state index in [9.17, 15) is 9.59 Å². The lowest BCUT2D eigenvalue weighted by Gasteiger charge is -2.20. The lowest BCUT2D eigenvalue weighted by atomic mass is 10.3. The van der Waals surface area contributed by atoms with Crippen molar-refractivity contribution >= 4 is 12.3 Å². The molecule has 0 aromatic rings. The number of carbonyl (C=O) groups excluding carboxylic acids is 2. The number of aldehydes is 1. The van der Waals surface area contributed by atoms with Crippen LogP contribution in [0.4, 0.5) is 0 Å². The molecule has 0 N–H and O–H groups in total. The molecule has 4 nitrogen and oxygen atoms in total. The van der Waals surface area contributed by atoms with Gasteiger partial charge in [-0.3, -0.25) is 4.90 Å². The van der Waals surface area contributed by atoms with E-state index >= 15 is 0 Å². The van der Waals surface area contributed by atoms with E-state index in [1.165, 1.54) is 0 Å². The first-order valence-electron chi connectivity index (χ1n) is 4.65. The van der Waals surface area contributed by atoms with Crippen LogP contribution in [-0.2, 0) is 14.3 Å². The van der Waals surface area contributed by atoms with Crippen molar-refractivity contribution in [3.63, 3.8) is 0 Å². The first-order chi connectivity index (χ1) is 6.29. The van der Waals surface area contributed by atoms with E-state index in [-0.39, 0.29) is 0 Å². The number of hydrogen-bond donors (Lipinski definition) is 0. The molecular formula is C9H15NO3. The SMILES string of the molecule is CCOC(=O)C(C=O)N1CCCC1. The van der Waals surface area contributed by atoms with E-state index in [1.54, 1.807) is 6.92 Å². The molecule has 1 saturated heterocycles. The fourth-order valence-corrected chi connectivity index (χ4v) is 1.54. The van der Waals surface area contributed by atoms with Gasteiger partial charge in [0, 0.05) is 0 Å². The van der Waals surface area contributed by atoms with Gasteiger partial charge in [0.15, 0.2) is 6.04 Å². The molecule has 1 heterocycles. The molecule has 1 rings (SSSR count). The van der Waals surface area contributed by atoms with E-state index in [2.05, 4.69) is 0 Å². The highest BCUT2D eigenvalue weighted by atomic mass is 16.5. The van der Waals surface area contributed by atoms with Gasteiger partial charge in [0.1, 0.15) is 6.29 Å². The van der Waals surface area contributed by atoms with Gasteiger partial charge in [-0.05, 0) is 32.9 Å². The Morgan fingerprint density at radius 1 is 1.54 bits per heavy atom. The van der Waals surface area contributed by atoms with Crippen molar-refractivity contribution in [3.8, 4) is 0 Å². The van der Waals surface area contributed by atoms with Gasteiger partial charge < -0.3 is 9.53 Å². The maximum absolute atomic E-state index is 11.3. The van der Waals surface area contributed by atoms with Crippen molar-refractivity contribution in [2.75, 3.05) is 19.7 Å². The van der Waals surface area contributed by atoms with E-state index in [0.29, 0.717) is 12.9 Å². The van der Waals surface area contributed by atoms with E-state index in [1.807, 2.05) is 4.90 Å². The second-order valence-electron chi connectivity index (χ2n) is 3.08. The van der Waals surface area contributed by atoms with Crippen molar-refractivity contribution in [1.29, 1.82) is 0 Å². The maximum Gasteiger partial charge on any atom is 0.330 e. The Labute approximate surface area is 77.8 Å². The van der Waals surface area contributed by atoms with Crippen molar-refractivity contribution in [2.45, 2.75) is 25.8 Å². The number of nitrogens with zero attached hydrogens (tertiary/aromatic N) is 1. The molecule has 0 aliphatic carbocycles. The molecule has 1 fully saturated rings. The van der Waals surface area contributed by atoms with Gasteiger partial charge in [-0.15, -0.1) is 0 Å². The standard InChI is InChI=1S/C9H15NO3/c1-2-13-9(12)8(7-11)10-5-3-4-6-10/h7-8H,2-6H2,1H3. The second kappa shape index (κ2) is 4.97. The van der Waals surface area contributed by atoms with Crippen LogP contribution >= 0.6 is 0 Å². The highest BCUT2D eigenvalue weighted by Crippen LogP contribution is 2.11. The summed E-state index contributed by atoms with van der Waals surface area (Å²) < 4.78 is 4.80. The molecule has 0 bridgehead atoms. The Hall–Kier alpha value is -0.900. The fourth-order valence-electron chi connectivity index (χ4n) is 1.54. The number of hydrogen-bond acceptors (Lipinski definition) is 4. The minimum Gasteiger partial charge on any atom is -0.464 e. The van der Waals surface area contributed by atoms with Crippen LogP contribution in [0.3, 0.4) is 0 Å². The zero-order chi connectivity index (χ0) is 9.68. The molecule has 0 aromatic carbocycles. The minimum absolute atomic E-state index is 0.330. The van der Waals surface area contributed by atoms with E-state index in [4.69, 9.17) is 4.74 Å². The molecule has 74 valence electrons. The van der Waals surface area contributed by atoms with Crippen molar-refractivity contribution < 1.29 is 14.3 Å².